The van der Waals surface area contributed by atoms with Crippen molar-refractivity contribution in [2.24, 2.45) is 11.8 Å². The fourth-order valence-corrected chi connectivity index (χ4v) is 2.88. The maximum absolute atomic E-state index is 12.3. The van der Waals surface area contributed by atoms with Crippen molar-refractivity contribution in [1.82, 2.24) is 4.98 Å². The first kappa shape index (κ1) is 14.8. The molecule has 20 heavy (non-hydrogen) atoms. The van der Waals surface area contributed by atoms with Crippen LogP contribution in [0.15, 0.2) is 12.3 Å². The number of aromatic nitrogens is 1. The van der Waals surface area contributed by atoms with E-state index in [-0.39, 0.29) is 11.1 Å². The summed E-state index contributed by atoms with van der Waals surface area (Å²) in [6.45, 7) is 1.82. The number of aryl methyl sites for hydroxylation is 1. The summed E-state index contributed by atoms with van der Waals surface area (Å²) in [6, 6.07) is 1.75. The van der Waals surface area contributed by atoms with Gasteiger partial charge in [0.25, 0.3) is 0 Å². The third-order valence-electron chi connectivity index (χ3n) is 3.78. The van der Waals surface area contributed by atoms with Crippen LogP contribution in [0.2, 0.25) is 5.15 Å². The maximum Gasteiger partial charge on any atom is 0.307 e. The van der Waals surface area contributed by atoms with Crippen molar-refractivity contribution >= 4 is 29.2 Å². The van der Waals surface area contributed by atoms with Gasteiger partial charge in [0, 0.05) is 6.20 Å². The Morgan fingerprint density at radius 1 is 1.35 bits per heavy atom. The van der Waals surface area contributed by atoms with E-state index < -0.39 is 17.8 Å². The Balaban J connectivity index is 2.16. The number of aliphatic carboxylic acids is 1. The fraction of sp³-hybridized carbons (Fsp3) is 0.500. The zero-order valence-corrected chi connectivity index (χ0v) is 12.0. The largest absolute Gasteiger partial charge is 0.481 e. The van der Waals surface area contributed by atoms with E-state index in [1.54, 1.807) is 12.3 Å². The van der Waals surface area contributed by atoms with Crippen LogP contribution in [0.5, 0.6) is 0 Å². The number of carboxylic acid groups (broad SMARTS) is 1. The molecule has 2 N–H and O–H groups in total. The minimum atomic E-state index is -0.904. The first-order valence-corrected chi connectivity index (χ1v) is 7.03. The number of anilines is 1. The normalized spacial score (nSPS) is 22.3. The van der Waals surface area contributed by atoms with Crippen LogP contribution in [0.3, 0.4) is 0 Å². The molecule has 0 aromatic carbocycles. The molecule has 1 aromatic rings. The van der Waals surface area contributed by atoms with Crippen molar-refractivity contribution in [1.29, 1.82) is 0 Å². The van der Waals surface area contributed by atoms with Gasteiger partial charge in [-0.1, -0.05) is 24.4 Å². The molecule has 2 rings (SSSR count). The molecule has 6 heteroatoms. The van der Waals surface area contributed by atoms with E-state index in [1.807, 2.05) is 6.92 Å². The van der Waals surface area contributed by atoms with E-state index >= 15 is 0 Å². The summed E-state index contributed by atoms with van der Waals surface area (Å²) in [7, 11) is 0. The number of carbonyl (C=O) groups excluding carboxylic acids is 1. The number of amides is 1. The Morgan fingerprint density at radius 3 is 2.60 bits per heavy atom. The van der Waals surface area contributed by atoms with Crippen LogP contribution in [0.4, 0.5) is 5.69 Å². The molecule has 0 spiro atoms. The van der Waals surface area contributed by atoms with E-state index in [1.165, 1.54) is 0 Å². The molecule has 2 atom stereocenters. The van der Waals surface area contributed by atoms with Crippen LogP contribution >= 0.6 is 11.6 Å². The Bertz CT molecular complexity index is 513. The van der Waals surface area contributed by atoms with Crippen molar-refractivity contribution in [2.75, 3.05) is 5.32 Å². The third-order valence-corrected chi connectivity index (χ3v) is 4.07. The second-order valence-corrected chi connectivity index (χ2v) is 5.48. The van der Waals surface area contributed by atoms with Crippen LogP contribution in [-0.2, 0) is 9.59 Å². The molecule has 1 amide bonds. The number of rotatable bonds is 3. The summed E-state index contributed by atoms with van der Waals surface area (Å²) in [4.78, 5) is 27.5. The molecule has 1 aromatic heterocycles. The fourth-order valence-electron chi connectivity index (χ4n) is 2.63. The molecule has 0 saturated heterocycles. The molecule has 1 aliphatic carbocycles. The van der Waals surface area contributed by atoms with Crippen LogP contribution < -0.4 is 5.32 Å². The van der Waals surface area contributed by atoms with Gasteiger partial charge in [-0.05, 0) is 31.4 Å². The monoisotopic (exact) mass is 296 g/mol. The van der Waals surface area contributed by atoms with Crippen LogP contribution in [0.25, 0.3) is 0 Å². The van der Waals surface area contributed by atoms with E-state index in [9.17, 15) is 14.7 Å². The average molecular weight is 297 g/mol. The van der Waals surface area contributed by atoms with Crippen molar-refractivity contribution in [3.63, 3.8) is 0 Å². The lowest BCUT2D eigenvalue weighted by Crippen LogP contribution is -2.36. The summed E-state index contributed by atoms with van der Waals surface area (Å²) < 4.78 is 0. The number of halogens is 1. The number of hydrogen-bond donors (Lipinski definition) is 2. The van der Waals surface area contributed by atoms with Gasteiger partial charge in [0.1, 0.15) is 0 Å². The van der Waals surface area contributed by atoms with E-state index in [2.05, 4.69) is 10.3 Å². The van der Waals surface area contributed by atoms with Crippen molar-refractivity contribution < 1.29 is 14.7 Å². The van der Waals surface area contributed by atoms with Gasteiger partial charge in [0.15, 0.2) is 5.15 Å². The second-order valence-electron chi connectivity index (χ2n) is 5.12. The van der Waals surface area contributed by atoms with Gasteiger partial charge in [-0.15, -0.1) is 0 Å². The molecule has 0 radical (unpaired) electrons. The van der Waals surface area contributed by atoms with Crippen LogP contribution in [0.1, 0.15) is 31.2 Å². The Kier molecular flexibility index (Phi) is 4.60. The van der Waals surface area contributed by atoms with Gasteiger partial charge < -0.3 is 10.4 Å². The van der Waals surface area contributed by atoms with Crippen molar-refractivity contribution in [3.05, 3.63) is 23.0 Å². The Hall–Kier alpha value is -1.62. The van der Waals surface area contributed by atoms with Gasteiger partial charge >= 0.3 is 5.97 Å². The summed E-state index contributed by atoms with van der Waals surface area (Å²) in [5, 5.41) is 12.2. The molecular weight excluding hydrogens is 280 g/mol. The highest BCUT2D eigenvalue weighted by molar-refractivity contribution is 6.32. The van der Waals surface area contributed by atoms with E-state index in [0.29, 0.717) is 18.5 Å². The quantitative estimate of drug-likeness (QED) is 0.841. The molecule has 1 aliphatic rings. The van der Waals surface area contributed by atoms with E-state index in [0.717, 1.165) is 18.4 Å². The number of nitrogens with zero attached hydrogens (tertiary/aromatic N) is 1. The Labute approximate surface area is 122 Å². The second kappa shape index (κ2) is 6.22. The molecule has 1 fully saturated rings. The van der Waals surface area contributed by atoms with Gasteiger partial charge in [0.2, 0.25) is 5.91 Å². The maximum atomic E-state index is 12.3. The van der Waals surface area contributed by atoms with Gasteiger partial charge in [-0.2, -0.15) is 0 Å². The molecule has 108 valence electrons. The molecular formula is C14H17ClN2O3. The van der Waals surface area contributed by atoms with Crippen molar-refractivity contribution in [2.45, 2.75) is 32.6 Å². The predicted octanol–water partition coefficient (Wildman–Crippen LogP) is 2.87. The van der Waals surface area contributed by atoms with E-state index in [4.69, 9.17) is 11.6 Å². The van der Waals surface area contributed by atoms with Gasteiger partial charge in [-0.25, -0.2) is 4.98 Å². The summed E-state index contributed by atoms with van der Waals surface area (Å²) in [5.74, 6) is -2.30. The lowest BCUT2D eigenvalue weighted by molar-refractivity contribution is -0.147. The highest BCUT2D eigenvalue weighted by atomic mass is 35.5. The number of carbonyl (C=O) groups is 2. The zero-order chi connectivity index (χ0) is 14.7. The van der Waals surface area contributed by atoms with Crippen LogP contribution in [0, 0.1) is 18.8 Å². The number of pyridine rings is 1. The predicted molar refractivity (Wildman–Crippen MR) is 75.7 cm³/mol. The zero-order valence-electron chi connectivity index (χ0n) is 11.2. The smallest absolute Gasteiger partial charge is 0.307 e. The lowest BCUT2D eigenvalue weighted by atomic mass is 9.78. The highest BCUT2D eigenvalue weighted by Gasteiger charge is 2.36. The standard InChI is InChI=1S/C14H17ClN2O3/c1-8-6-7-16-12(15)11(8)17-13(18)9-4-2-3-5-10(9)14(19)20/h6-7,9-10H,2-5H2,1H3,(H,17,18)(H,19,20)/t9-,10+/m1/s1. The Morgan fingerprint density at radius 2 is 2.00 bits per heavy atom. The lowest BCUT2D eigenvalue weighted by Gasteiger charge is -2.27. The van der Waals surface area contributed by atoms with Crippen LogP contribution in [-0.4, -0.2) is 22.0 Å². The topological polar surface area (TPSA) is 79.3 Å². The SMILES string of the molecule is Cc1ccnc(Cl)c1NC(=O)[C@@H]1CCCC[C@@H]1C(=O)O. The van der Waals surface area contributed by atoms with Gasteiger partial charge in [0.05, 0.1) is 17.5 Å². The summed E-state index contributed by atoms with van der Waals surface area (Å²) in [6.07, 6.45) is 4.44. The molecule has 0 bridgehead atoms. The molecule has 5 nitrogen and oxygen atoms in total. The van der Waals surface area contributed by atoms with Gasteiger partial charge in [-0.3, -0.25) is 9.59 Å². The summed E-state index contributed by atoms with van der Waals surface area (Å²) in [5.41, 5.74) is 1.27. The summed E-state index contributed by atoms with van der Waals surface area (Å²) >= 11 is 5.97. The molecule has 1 heterocycles. The molecule has 0 aliphatic heterocycles. The first-order chi connectivity index (χ1) is 9.50. The first-order valence-electron chi connectivity index (χ1n) is 6.65. The number of carboxylic acids is 1. The minimum Gasteiger partial charge on any atom is -0.481 e. The minimum absolute atomic E-state index is 0.223. The molecule has 0 unspecified atom stereocenters. The number of nitrogens with one attached hydrogen (secondary N) is 1. The van der Waals surface area contributed by atoms with Crippen molar-refractivity contribution in [3.8, 4) is 0 Å². The number of hydrogen-bond acceptors (Lipinski definition) is 3. The highest BCUT2D eigenvalue weighted by Crippen LogP contribution is 2.32. The molecule has 1 saturated carbocycles. The average Bonchev–Trinajstić information content (AvgIpc) is 2.43. The third kappa shape index (κ3) is 3.10.